The standard InChI is InChI=1S/C21H20ClN3O2/c1-14-3-4-15(2)18(11-14)19-9-10-21(27)25(24-19)13-20(26)23-12-16-5-7-17(22)8-6-16/h3-11H,12-13H2,1-2H3,(H,23,26). The smallest absolute Gasteiger partial charge is 0.267 e. The lowest BCUT2D eigenvalue weighted by Crippen LogP contribution is -2.33. The van der Waals surface area contributed by atoms with Gasteiger partial charge in [-0.1, -0.05) is 41.4 Å². The first kappa shape index (κ1) is 18.9. The van der Waals surface area contributed by atoms with Crippen LogP contribution in [-0.2, 0) is 17.9 Å². The molecule has 3 aromatic rings. The van der Waals surface area contributed by atoms with Gasteiger partial charge in [-0.25, -0.2) is 4.68 Å². The molecule has 1 aromatic heterocycles. The van der Waals surface area contributed by atoms with Crippen molar-refractivity contribution in [2.24, 2.45) is 0 Å². The lowest BCUT2D eigenvalue weighted by molar-refractivity contribution is -0.122. The van der Waals surface area contributed by atoms with Crippen molar-refractivity contribution < 1.29 is 4.79 Å². The van der Waals surface area contributed by atoms with Crippen LogP contribution in [0.3, 0.4) is 0 Å². The van der Waals surface area contributed by atoms with Crippen molar-refractivity contribution in [1.82, 2.24) is 15.1 Å². The predicted octanol–water partition coefficient (Wildman–Crippen LogP) is 3.50. The summed E-state index contributed by atoms with van der Waals surface area (Å²) < 4.78 is 1.19. The highest BCUT2D eigenvalue weighted by atomic mass is 35.5. The van der Waals surface area contributed by atoms with Gasteiger partial charge in [0.25, 0.3) is 5.56 Å². The summed E-state index contributed by atoms with van der Waals surface area (Å²) in [6, 6.07) is 16.4. The Kier molecular flexibility index (Phi) is 5.72. The number of hydrogen-bond donors (Lipinski definition) is 1. The predicted molar refractivity (Wildman–Crippen MR) is 107 cm³/mol. The highest BCUT2D eigenvalue weighted by Crippen LogP contribution is 2.21. The van der Waals surface area contributed by atoms with Gasteiger partial charge < -0.3 is 5.32 Å². The van der Waals surface area contributed by atoms with Crippen molar-refractivity contribution in [2.75, 3.05) is 0 Å². The molecule has 0 aliphatic rings. The number of amides is 1. The normalized spacial score (nSPS) is 10.6. The van der Waals surface area contributed by atoms with Crippen LogP contribution in [0.1, 0.15) is 16.7 Å². The molecule has 0 unspecified atom stereocenters. The number of aryl methyl sites for hydroxylation is 2. The second-order valence-corrected chi connectivity index (χ2v) is 6.87. The van der Waals surface area contributed by atoms with Crippen LogP contribution in [0.5, 0.6) is 0 Å². The Labute approximate surface area is 162 Å². The van der Waals surface area contributed by atoms with Crippen molar-refractivity contribution >= 4 is 17.5 Å². The molecule has 2 aromatic carbocycles. The van der Waals surface area contributed by atoms with Gasteiger partial charge in [0.2, 0.25) is 5.91 Å². The Morgan fingerprint density at radius 1 is 1.07 bits per heavy atom. The van der Waals surface area contributed by atoms with E-state index in [4.69, 9.17) is 11.6 Å². The van der Waals surface area contributed by atoms with E-state index in [2.05, 4.69) is 10.4 Å². The molecular formula is C21H20ClN3O2. The molecule has 1 amide bonds. The van der Waals surface area contributed by atoms with Crippen molar-refractivity contribution in [2.45, 2.75) is 26.9 Å². The van der Waals surface area contributed by atoms with E-state index in [0.29, 0.717) is 17.3 Å². The number of aromatic nitrogens is 2. The highest BCUT2D eigenvalue weighted by Gasteiger charge is 2.10. The monoisotopic (exact) mass is 381 g/mol. The van der Waals surface area contributed by atoms with Gasteiger partial charge in [-0.3, -0.25) is 9.59 Å². The van der Waals surface area contributed by atoms with Crippen LogP contribution >= 0.6 is 11.6 Å². The zero-order valence-corrected chi connectivity index (χ0v) is 16.0. The molecule has 3 rings (SSSR count). The van der Waals surface area contributed by atoms with E-state index in [1.54, 1.807) is 18.2 Å². The minimum Gasteiger partial charge on any atom is -0.350 e. The van der Waals surface area contributed by atoms with Crippen LogP contribution in [0.25, 0.3) is 11.3 Å². The minimum absolute atomic E-state index is 0.134. The Balaban J connectivity index is 1.74. The van der Waals surface area contributed by atoms with E-state index >= 15 is 0 Å². The van der Waals surface area contributed by atoms with E-state index in [1.165, 1.54) is 10.7 Å². The maximum atomic E-state index is 12.2. The third-order valence-corrected chi connectivity index (χ3v) is 4.48. The zero-order chi connectivity index (χ0) is 19.4. The Morgan fingerprint density at radius 3 is 2.56 bits per heavy atom. The molecule has 138 valence electrons. The summed E-state index contributed by atoms with van der Waals surface area (Å²) in [5.41, 5.74) is 4.40. The lowest BCUT2D eigenvalue weighted by atomic mass is 10.0. The van der Waals surface area contributed by atoms with Gasteiger partial charge in [-0.2, -0.15) is 5.10 Å². The van der Waals surface area contributed by atoms with Gasteiger partial charge >= 0.3 is 0 Å². The fraction of sp³-hybridized carbons (Fsp3) is 0.190. The van der Waals surface area contributed by atoms with Crippen LogP contribution in [0.15, 0.2) is 59.4 Å². The van der Waals surface area contributed by atoms with Crippen molar-refractivity contribution in [1.29, 1.82) is 0 Å². The summed E-state index contributed by atoms with van der Waals surface area (Å²) in [7, 11) is 0. The highest BCUT2D eigenvalue weighted by molar-refractivity contribution is 6.30. The molecule has 0 atom stereocenters. The fourth-order valence-electron chi connectivity index (χ4n) is 2.71. The number of carbonyl (C=O) groups is 1. The quantitative estimate of drug-likeness (QED) is 0.735. The first-order valence-corrected chi connectivity index (χ1v) is 8.97. The Bertz CT molecular complexity index is 1030. The molecule has 0 spiro atoms. The molecule has 0 radical (unpaired) electrons. The van der Waals surface area contributed by atoms with Gasteiger partial charge in [0.1, 0.15) is 6.54 Å². The fourth-order valence-corrected chi connectivity index (χ4v) is 2.84. The maximum Gasteiger partial charge on any atom is 0.267 e. The van der Waals surface area contributed by atoms with Gasteiger partial charge in [0, 0.05) is 23.2 Å². The summed E-state index contributed by atoms with van der Waals surface area (Å²) in [6.45, 7) is 4.22. The SMILES string of the molecule is Cc1ccc(C)c(-c2ccc(=O)n(CC(=O)NCc3ccc(Cl)cc3)n2)c1. The summed E-state index contributed by atoms with van der Waals surface area (Å²) >= 11 is 5.85. The van der Waals surface area contributed by atoms with Gasteiger partial charge in [0.05, 0.1) is 5.69 Å². The topological polar surface area (TPSA) is 64.0 Å². The molecule has 1 N–H and O–H groups in total. The molecule has 5 nitrogen and oxygen atoms in total. The summed E-state index contributed by atoms with van der Waals surface area (Å²) in [4.78, 5) is 24.3. The molecule has 0 saturated heterocycles. The molecule has 0 saturated carbocycles. The number of benzene rings is 2. The second-order valence-electron chi connectivity index (χ2n) is 6.44. The first-order chi connectivity index (χ1) is 12.9. The molecule has 0 bridgehead atoms. The summed E-state index contributed by atoms with van der Waals surface area (Å²) in [5, 5.41) is 7.81. The van der Waals surface area contributed by atoms with Crippen molar-refractivity contribution in [3.63, 3.8) is 0 Å². The first-order valence-electron chi connectivity index (χ1n) is 8.59. The van der Waals surface area contributed by atoms with Crippen LogP contribution in [-0.4, -0.2) is 15.7 Å². The number of nitrogens with zero attached hydrogens (tertiary/aromatic N) is 2. The van der Waals surface area contributed by atoms with E-state index in [9.17, 15) is 9.59 Å². The third kappa shape index (κ3) is 4.83. The molecule has 0 aliphatic heterocycles. The van der Waals surface area contributed by atoms with Crippen LogP contribution in [0.4, 0.5) is 0 Å². The number of carbonyl (C=O) groups excluding carboxylic acids is 1. The average Bonchev–Trinajstić information content (AvgIpc) is 2.65. The molecular weight excluding hydrogens is 362 g/mol. The molecule has 1 heterocycles. The summed E-state index contributed by atoms with van der Waals surface area (Å²) in [6.07, 6.45) is 0. The summed E-state index contributed by atoms with van der Waals surface area (Å²) in [5.74, 6) is -0.280. The average molecular weight is 382 g/mol. The lowest BCUT2D eigenvalue weighted by Gasteiger charge is -2.10. The Hall–Kier alpha value is -2.92. The maximum absolute atomic E-state index is 12.2. The van der Waals surface area contributed by atoms with Crippen molar-refractivity contribution in [3.8, 4) is 11.3 Å². The van der Waals surface area contributed by atoms with Crippen LogP contribution in [0, 0.1) is 13.8 Å². The number of hydrogen-bond acceptors (Lipinski definition) is 3. The van der Waals surface area contributed by atoms with E-state index in [-0.39, 0.29) is 18.0 Å². The number of rotatable bonds is 5. The minimum atomic E-state index is -0.314. The Morgan fingerprint density at radius 2 is 1.81 bits per heavy atom. The van der Waals surface area contributed by atoms with Crippen molar-refractivity contribution in [3.05, 3.63) is 86.7 Å². The van der Waals surface area contributed by atoms with E-state index < -0.39 is 0 Å². The number of halogens is 1. The van der Waals surface area contributed by atoms with Gasteiger partial charge in [0.15, 0.2) is 0 Å². The molecule has 6 heteroatoms. The van der Waals surface area contributed by atoms with Crippen LogP contribution in [0.2, 0.25) is 5.02 Å². The van der Waals surface area contributed by atoms with Gasteiger partial charge in [-0.15, -0.1) is 0 Å². The largest absolute Gasteiger partial charge is 0.350 e. The molecule has 0 aliphatic carbocycles. The zero-order valence-electron chi connectivity index (χ0n) is 15.2. The third-order valence-electron chi connectivity index (χ3n) is 4.23. The van der Waals surface area contributed by atoms with Crippen LogP contribution < -0.4 is 10.9 Å². The number of nitrogens with one attached hydrogen (secondary N) is 1. The van der Waals surface area contributed by atoms with E-state index in [0.717, 1.165) is 22.3 Å². The van der Waals surface area contributed by atoms with Gasteiger partial charge in [-0.05, 0) is 49.2 Å². The second kappa shape index (κ2) is 8.18. The molecule has 27 heavy (non-hydrogen) atoms. The molecule has 0 fully saturated rings. The van der Waals surface area contributed by atoms with E-state index in [1.807, 2.05) is 44.2 Å².